The van der Waals surface area contributed by atoms with Gasteiger partial charge in [-0.05, 0) is 53.5 Å². The number of ether oxygens (including phenoxy) is 1. The van der Waals surface area contributed by atoms with Gasteiger partial charge in [0.05, 0.1) is 24.0 Å². The van der Waals surface area contributed by atoms with Gasteiger partial charge in [-0.2, -0.15) is 0 Å². The van der Waals surface area contributed by atoms with E-state index in [0.717, 1.165) is 11.3 Å². The molecule has 0 atom stereocenters. The van der Waals surface area contributed by atoms with Crippen LogP contribution in [-0.2, 0) is 9.53 Å². The summed E-state index contributed by atoms with van der Waals surface area (Å²) >= 11 is 0. The van der Waals surface area contributed by atoms with Gasteiger partial charge < -0.3 is 19.9 Å². The Bertz CT molecular complexity index is 1310. The molecule has 0 aromatic heterocycles. The quantitative estimate of drug-likeness (QED) is 0.348. The summed E-state index contributed by atoms with van der Waals surface area (Å²) in [6.45, 7) is 6.56. The third-order valence-electron chi connectivity index (χ3n) is 6.63. The second kappa shape index (κ2) is 12.2. The van der Waals surface area contributed by atoms with Crippen molar-refractivity contribution in [2.75, 3.05) is 43.5 Å². The Morgan fingerprint density at radius 3 is 2.18 bits per heavy atom. The van der Waals surface area contributed by atoms with Gasteiger partial charge in [-0.25, -0.2) is 4.79 Å². The highest BCUT2D eigenvalue weighted by Crippen LogP contribution is 2.29. The Labute approximate surface area is 223 Å². The van der Waals surface area contributed by atoms with Crippen LogP contribution in [-0.4, -0.2) is 56.0 Å². The molecule has 0 bridgehead atoms. The number of carbonyl (C=O) groups excluding carboxylic acids is 3. The molecule has 1 aliphatic rings. The van der Waals surface area contributed by atoms with Gasteiger partial charge >= 0.3 is 5.97 Å². The van der Waals surface area contributed by atoms with Crippen LogP contribution in [0.3, 0.4) is 0 Å². The molecular formula is C31H33N3O4. The van der Waals surface area contributed by atoms with Crippen LogP contribution in [0.2, 0.25) is 0 Å². The molecule has 0 spiro atoms. The van der Waals surface area contributed by atoms with E-state index in [4.69, 9.17) is 4.74 Å². The SMILES string of the molecule is COC(=O)c1ccc(N2CCN(C(=O)c3ccccc3)CC2)c(NC(=O)C=Cc2ccc(C(C)C)cc2)c1. The number of nitrogens with one attached hydrogen (secondary N) is 1. The fraction of sp³-hybridized carbons (Fsp3) is 0.258. The monoisotopic (exact) mass is 511 g/mol. The van der Waals surface area contributed by atoms with Crippen LogP contribution in [0.25, 0.3) is 6.08 Å². The lowest BCUT2D eigenvalue weighted by Gasteiger charge is -2.37. The summed E-state index contributed by atoms with van der Waals surface area (Å²) in [6.07, 6.45) is 3.24. The molecule has 1 N–H and O–H groups in total. The second-order valence-corrected chi connectivity index (χ2v) is 9.51. The van der Waals surface area contributed by atoms with Gasteiger partial charge in [0.2, 0.25) is 5.91 Å². The highest BCUT2D eigenvalue weighted by atomic mass is 16.5. The van der Waals surface area contributed by atoms with Crippen molar-refractivity contribution in [3.8, 4) is 0 Å². The molecule has 3 aromatic rings. The zero-order valence-electron chi connectivity index (χ0n) is 22.0. The number of carbonyl (C=O) groups is 3. The van der Waals surface area contributed by atoms with E-state index in [1.54, 1.807) is 18.2 Å². The first-order chi connectivity index (χ1) is 18.4. The maximum atomic E-state index is 12.9. The number of anilines is 2. The Hall–Kier alpha value is -4.39. The van der Waals surface area contributed by atoms with Gasteiger partial charge in [0.1, 0.15) is 0 Å². The summed E-state index contributed by atoms with van der Waals surface area (Å²) in [7, 11) is 1.32. The van der Waals surface area contributed by atoms with Crippen molar-refractivity contribution in [3.05, 3.63) is 101 Å². The predicted octanol–water partition coefficient (Wildman–Crippen LogP) is 5.21. The van der Waals surface area contributed by atoms with Gasteiger partial charge in [0.15, 0.2) is 0 Å². The largest absolute Gasteiger partial charge is 0.465 e. The van der Waals surface area contributed by atoms with Crippen LogP contribution < -0.4 is 10.2 Å². The molecule has 2 amide bonds. The van der Waals surface area contributed by atoms with E-state index in [1.165, 1.54) is 18.7 Å². The van der Waals surface area contributed by atoms with Crippen molar-refractivity contribution in [2.24, 2.45) is 0 Å². The van der Waals surface area contributed by atoms with Crippen molar-refractivity contribution in [1.29, 1.82) is 0 Å². The maximum absolute atomic E-state index is 12.9. The summed E-state index contributed by atoms with van der Waals surface area (Å²) in [5, 5.41) is 2.93. The molecule has 1 heterocycles. The Kier molecular flexibility index (Phi) is 8.58. The summed E-state index contributed by atoms with van der Waals surface area (Å²) in [5.74, 6) is -0.341. The second-order valence-electron chi connectivity index (χ2n) is 9.51. The molecule has 0 radical (unpaired) electrons. The number of rotatable bonds is 7. The fourth-order valence-corrected chi connectivity index (χ4v) is 4.41. The van der Waals surface area contributed by atoms with E-state index in [0.29, 0.717) is 48.9 Å². The van der Waals surface area contributed by atoms with Crippen molar-refractivity contribution < 1.29 is 19.1 Å². The first-order valence-electron chi connectivity index (χ1n) is 12.8. The summed E-state index contributed by atoms with van der Waals surface area (Å²) in [6, 6.07) is 22.5. The van der Waals surface area contributed by atoms with E-state index in [-0.39, 0.29) is 11.8 Å². The van der Waals surface area contributed by atoms with Gasteiger partial charge in [-0.3, -0.25) is 9.59 Å². The predicted molar refractivity (Wildman–Crippen MR) is 151 cm³/mol. The van der Waals surface area contributed by atoms with Crippen LogP contribution >= 0.6 is 0 Å². The van der Waals surface area contributed by atoms with E-state index >= 15 is 0 Å². The number of piperazine rings is 1. The lowest BCUT2D eigenvalue weighted by Crippen LogP contribution is -2.49. The molecule has 0 saturated carbocycles. The molecule has 7 heteroatoms. The van der Waals surface area contributed by atoms with Crippen LogP contribution in [0.15, 0.2) is 78.9 Å². The number of hydrogen-bond acceptors (Lipinski definition) is 5. The van der Waals surface area contributed by atoms with Gasteiger partial charge in [0.25, 0.3) is 5.91 Å². The Morgan fingerprint density at radius 1 is 0.868 bits per heavy atom. The molecule has 1 saturated heterocycles. The van der Waals surface area contributed by atoms with Crippen LogP contribution in [0.4, 0.5) is 11.4 Å². The third kappa shape index (κ3) is 6.48. The molecule has 3 aromatic carbocycles. The average Bonchev–Trinajstić information content (AvgIpc) is 2.96. The average molecular weight is 512 g/mol. The van der Waals surface area contributed by atoms with Crippen molar-refractivity contribution in [2.45, 2.75) is 19.8 Å². The number of hydrogen-bond donors (Lipinski definition) is 1. The summed E-state index contributed by atoms with van der Waals surface area (Å²) < 4.78 is 4.87. The van der Waals surface area contributed by atoms with Crippen molar-refractivity contribution in [3.63, 3.8) is 0 Å². The number of amides is 2. The van der Waals surface area contributed by atoms with Gasteiger partial charge in [-0.15, -0.1) is 0 Å². The lowest BCUT2D eigenvalue weighted by atomic mass is 10.0. The first-order valence-corrected chi connectivity index (χ1v) is 12.8. The standard InChI is InChI=1S/C31H33N3O4/c1-22(2)24-12-9-23(10-13-24)11-16-29(35)32-27-21-26(31(37)38-3)14-15-28(27)33-17-19-34(20-18-33)30(36)25-7-5-4-6-8-25/h4-16,21-22H,17-20H2,1-3H3,(H,32,35). The van der Waals surface area contributed by atoms with Crippen LogP contribution in [0, 0.1) is 0 Å². The minimum absolute atomic E-state index is 0.00591. The van der Waals surface area contributed by atoms with Gasteiger partial charge in [-0.1, -0.05) is 56.3 Å². The maximum Gasteiger partial charge on any atom is 0.337 e. The zero-order valence-corrected chi connectivity index (χ0v) is 22.0. The lowest BCUT2D eigenvalue weighted by molar-refractivity contribution is -0.111. The Morgan fingerprint density at radius 2 is 1.55 bits per heavy atom. The van der Waals surface area contributed by atoms with E-state index in [9.17, 15) is 14.4 Å². The van der Waals surface area contributed by atoms with E-state index in [1.807, 2.05) is 53.4 Å². The molecule has 0 unspecified atom stereocenters. The molecule has 7 nitrogen and oxygen atoms in total. The number of methoxy groups -OCH3 is 1. The summed E-state index contributed by atoms with van der Waals surface area (Å²) in [5.41, 5.74) is 4.47. The van der Waals surface area contributed by atoms with Gasteiger partial charge in [0, 0.05) is 37.8 Å². The molecule has 4 rings (SSSR count). The van der Waals surface area contributed by atoms with Crippen molar-refractivity contribution in [1.82, 2.24) is 4.90 Å². The molecular weight excluding hydrogens is 478 g/mol. The smallest absolute Gasteiger partial charge is 0.337 e. The number of nitrogens with zero attached hydrogens (tertiary/aromatic N) is 2. The first kappa shape index (κ1) is 26.7. The van der Waals surface area contributed by atoms with Crippen LogP contribution in [0.1, 0.15) is 51.6 Å². The normalized spacial score (nSPS) is 13.6. The van der Waals surface area contributed by atoms with Crippen LogP contribution in [0.5, 0.6) is 0 Å². The minimum Gasteiger partial charge on any atom is -0.465 e. The molecule has 1 aliphatic heterocycles. The molecule has 196 valence electrons. The van der Waals surface area contributed by atoms with E-state index in [2.05, 4.69) is 36.2 Å². The third-order valence-corrected chi connectivity index (χ3v) is 6.63. The van der Waals surface area contributed by atoms with Crippen molar-refractivity contribution >= 4 is 35.2 Å². The highest BCUT2D eigenvalue weighted by molar-refractivity contribution is 6.05. The van der Waals surface area contributed by atoms with E-state index < -0.39 is 5.97 Å². The number of benzene rings is 3. The zero-order chi connectivity index (χ0) is 27.1. The fourth-order valence-electron chi connectivity index (χ4n) is 4.41. The topological polar surface area (TPSA) is 79.0 Å². The Balaban J connectivity index is 1.48. The number of esters is 1. The molecule has 0 aliphatic carbocycles. The molecule has 38 heavy (non-hydrogen) atoms. The molecule has 1 fully saturated rings. The summed E-state index contributed by atoms with van der Waals surface area (Å²) in [4.78, 5) is 41.8. The highest BCUT2D eigenvalue weighted by Gasteiger charge is 2.24. The minimum atomic E-state index is -0.480.